The smallest absolute Gasteiger partial charge is 0.243 e. The summed E-state index contributed by atoms with van der Waals surface area (Å²) in [6.45, 7) is 4.37. The maximum Gasteiger partial charge on any atom is 0.243 e. The monoisotopic (exact) mass is 478 g/mol. The molecule has 2 unspecified atom stereocenters. The lowest BCUT2D eigenvalue weighted by atomic mass is 9.97. The van der Waals surface area contributed by atoms with Crippen LogP contribution in [0.5, 0.6) is 0 Å². The Labute approximate surface area is 190 Å². The number of hydrogen-bond donors (Lipinski definition) is 1. The Bertz CT molecular complexity index is 1160. The van der Waals surface area contributed by atoms with Gasteiger partial charge in [0.05, 0.1) is 21.8 Å². The van der Waals surface area contributed by atoms with Gasteiger partial charge >= 0.3 is 0 Å². The van der Waals surface area contributed by atoms with E-state index < -0.39 is 25.8 Å². The van der Waals surface area contributed by atoms with Gasteiger partial charge in [-0.25, -0.2) is 16.8 Å². The van der Waals surface area contributed by atoms with Crippen molar-refractivity contribution in [3.8, 4) is 0 Å². The van der Waals surface area contributed by atoms with Crippen LogP contribution in [0.4, 0.5) is 0 Å². The van der Waals surface area contributed by atoms with Crippen molar-refractivity contribution in [3.63, 3.8) is 0 Å². The summed E-state index contributed by atoms with van der Waals surface area (Å²) < 4.78 is 50.8. The summed E-state index contributed by atoms with van der Waals surface area (Å²) in [5, 5.41) is 3.02. The van der Waals surface area contributed by atoms with Crippen molar-refractivity contribution in [2.24, 2.45) is 5.92 Å². The van der Waals surface area contributed by atoms with Gasteiger partial charge in [-0.3, -0.25) is 4.79 Å². The molecule has 9 heteroatoms. The third-order valence-corrected chi connectivity index (χ3v) is 8.86. The maximum atomic E-state index is 13.0. The number of sulfonamides is 1. The normalized spacial score (nSPS) is 18.8. The third kappa shape index (κ3) is 5.57. The van der Waals surface area contributed by atoms with Crippen LogP contribution in [0.1, 0.15) is 43.4 Å². The van der Waals surface area contributed by atoms with E-state index in [4.69, 9.17) is 0 Å². The average Bonchev–Trinajstić information content (AvgIpc) is 2.77. The number of hydrogen-bond acceptors (Lipinski definition) is 5. The molecule has 2 atom stereocenters. The SMILES string of the molecule is CCC(NC(=O)C1CCCN(S(=O)(=O)c2ccc(C)cc2)C1)c1ccc(S(C)(=O)=O)cc1. The van der Waals surface area contributed by atoms with Crippen molar-refractivity contribution in [1.29, 1.82) is 0 Å². The second-order valence-electron chi connectivity index (χ2n) is 8.33. The predicted molar refractivity (Wildman–Crippen MR) is 123 cm³/mol. The van der Waals surface area contributed by atoms with Crippen molar-refractivity contribution in [2.45, 2.75) is 48.9 Å². The van der Waals surface area contributed by atoms with Gasteiger partial charge < -0.3 is 5.32 Å². The van der Waals surface area contributed by atoms with E-state index in [1.165, 1.54) is 16.4 Å². The van der Waals surface area contributed by atoms with Crippen LogP contribution in [0.3, 0.4) is 0 Å². The summed E-state index contributed by atoms with van der Waals surface area (Å²) in [4.78, 5) is 13.5. The molecule has 1 heterocycles. The van der Waals surface area contributed by atoms with E-state index in [9.17, 15) is 21.6 Å². The van der Waals surface area contributed by atoms with Crippen LogP contribution in [0.2, 0.25) is 0 Å². The molecule has 0 spiro atoms. The lowest BCUT2D eigenvalue weighted by Crippen LogP contribution is -2.46. The summed E-state index contributed by atoms with van der Waals surface area (Å²) in [5.41, 5.74) is 1.79. The number of nitrogens with one attached hydrogen (secondary N) is 1. The molecule has 0 aromatic heterocycles. The number of piperidine rings is 1. The number of aryl methyl sites for hydroxylation is 1. The van der Waals surface area contributed by atoms with Crippen LogP contribution >= 0.6 is 0 Å². The van der Waals surface area contributed by atoms with Gasteiger partial charge in [-0.2, -0.15) is 4.31 Å². The van der Waals surface area contributed by atoms with E-state index in [2.05, 4.69) is 5.32 Å². The van der Waals surface area contributed by atoms with Gasteiger partial charge in [-0.15, -0.1) is 0 Å². The molecule has 1 N–H and O–H groups in total. The molecule has 1 aliphatic rings. The van der Waals surface area contributed by atoms with E-state index in [1.807, 2.05) is 13.8 Å². The first-order chi connectivity index (χ1) is 15.0. The fraction of sp³-hybridized carbons (Fsp3) is 0.435. The molecular weight excluding hydrogens is 448 g/mol. The highest BCUT2D eigenvalue weighted by Crippen LogP contribution is 2.26. The first-order valence-corrected chi connectivity index (χ1v) is 14.0. The Morgan fingerprint density at radius 3 is 2.19 bits per heavy atom. The highest BCUT2D eigenvalue weighted by Gasteiger charge is 2.34. The fourth-order valence-corrected chi connectivity index (χ4v) is 6.05. The number of nitrogens with zero attached hydrogens (tertiary/aromatic N) is 1. The third-order valence-electron chi connectivity index (χ3n) is 5.85. The second kappa shape index (κ2) is 9.72. The summed E-state index contributed by atoms with van der Waals surface area (Å²) in [6, 6.07) is 12.9. The zero-order valence-corrected chi connectivity index (χ0v) is 20.2. The van der Waals surface area contributed by atoms with Crippen molar-refractivity contribution in [3.05, 3.63) is 59.7 Å². The van der Waals surface area contributed by atoms with E-state index >= 15 is 0 Å². The summed E-state index contributed by atoms with van der Waals surface area (Å²) >= 11 is 0. The predicted octanol–water partition coefficient (Wildman–Crippen LogP) is 3.07. The lowest BCUT2D eigenvalue weighted by Gasteiger charge is -2.32. The van der Waals surface area contributed by atoms with E-state index in [0.29, 0.717) is 25.8 Å². The number of benzene rings is 2. The maximum absolute atomic E-state index is 13.0. The minimum atomic E-state index is -3.65. The number of carbonyl (C=O) groups excluding carboxylic acids is 1. The van der Waals surface area contributed by atoms with Gasteiger partial charge in [-0.05, 0) is 56.0 Å². The Morgan fingerprint density at radius 1 is 1.03 bits per heavy atom. The van der Waals surface area contributed by atoms with Crippen LogP contribution in [-0.4, -0.2) is 46.4 Å². The number of amides is 1. The largest absolute Gasteiger partial charge is 0.349 e. The van der Waals surface area contributed by atoms with Crippen molar-refractivity contribution < 1.29 is 21.6 Å². The molecule has 0 radical (unpaired) electrons. The molecule has 174 valence electrons. The Morgan fingerprint density at radius 2 is 1.62 bits per heavy atom. The Hall–Kier alpha value is -2.23. The van der Waals surface area contributed by atoms with Crippen LogP contribution in [0.15, 0.2) is 58.3 Å². The zero-order chi connectivity index (χ0) is 23.5. The summed E-state index contributed by atoms with van der Waals surface area (Å²) in [5.74, 6) is -0.624. The first kappa shape index (κ1) is 24.4. The quantitative estimate of drug-likeness (QED) is 0.659. The van der Waals surface area contributed by atoms with E-state index in [0.717, 1.165) is 17.4 Å². The lowest BCUT2D eigenvalue weighted by molar-refractivity contribution is -0.126. The van der Waals surface area contributed by atoms with Gasteiger partial charge in [0.1, 0.15) is 0 Å². The average molecular weight is 479 g/mol. The number of carbonyl (C=O) groups is 1. The Balaban J connectivity index is 1.70. The first-order valence-electron chi connectivity index (χ1n) is 10.7. The van der Waals surface area contributed by atoms with Crippen LogP contribution in [0.25, 0.3) is 0 Å². The van der Waals surface area contributed by atoms with Crippen LogP contribution < -0.4 is 5.32 Å². The molecule has 0 aliphatic carbocycles. The van der Waals surface area contributed by atoms with E-state index in [-0.39, 0.29) is 28.3 Å². The minimum absolute atomic E-state index is 0.144. The highest BCUT2D eigenvalue weighted by atomic mass is 32.2. The van der Waals surface area contributed by atoms with Crippen molar-refractivity contribution in [1.82, 2.24) is 9.62 Å². The molecule has 2 aromatic carbocycles. The zero-order valence-electron chi connectivity index (χ0n) is 18.6. The fourth-order valence-electron chi connectivity index (χ4n) is 3.89. The molecule has 1 amide bonds. The number of sulfone groups is 1. The number of rotatable bonds is 7. The van der Waals surface area contributed by atoms with Crippen LogP contribution in [-0.2, 0) is 24.7 Å². The molecule has 7 nitrogen and oxygen atoms in total. The molecule has 32 heavy (non-hydrogen) atoms. The molecule has 1 saturated heterocycles. The molecule has 3 rings (SSSR count). The molecule has 1 aliphatic heterocycles. The molecule has 0 bridgehead atoms. The Kier molecular flexibility index (Phi) is 7.42. The van der Waals surface area contributed by atoms with Crippen molar-refractivity contribution >= 4 is 25.8 Å². The van der Waals surface area contributed by atoms with Gasteiger partial charge in [0.25, 0.3) is 0 Å². The molecule has 2 aromatic rings. The minimum Gasteiger partial charge on any atom is -0.349 e. The van der Waals surface area contributed by atoms with E-state index in [1.54, 1.807) is 36.4 Å². The van der Waals surface area contributed by atoms with Crippen molar-refractivity contribution in [2.75, 3.05) is 19.3 Å². The topological polar surface area (TPSA) is 101 Å². The van der Waals surface area contributed by atoms with Gasteiger partial charge in [0.2, 0.25) is 15.9 Å². The highest BCUT2D eigenvalue weighted by molar-refractivity contribution is 7.90. The molecule has 0 saturated carbocycles. The summed E-state index contributed by atoms with van der Waals surface area (Å²) in [7, 11) is -6.94. The van der Waals surface area contributed by atoms with Gasteiger partial charge in [0, 0.05) is 19.3 Å². The second-order valence-corrected chi connectivity index (χ2v) is 12.3. The molecular formula is C23H30N2O5S2. The van der Waals surface area contributed by atoms with Gasteiger partial charge in [-0.1, -0.05) is 36.8 Å². The van der Waals surface area contributed by atoms with Crippen LogP contribution in [0, 0.1) is 12.8 Å². The summed E-state index contributed by atoms with van der Waals surface area (Å²) in [6.07, 6.45) is 3.01. The molecule has 1 fully saturated rings. The van der Waals surface area contributed by atoms with Gasteiger partial charge in [0.15, 0.2) is 9.84 Å². The standard InChI is InChI=1S/C23H30N2O5S2/c1-4-22(18-9-13-20(14-10-18)31(3,27)28)24-23(26)19-6-5-15-25(16-19)32(29,30)21-11-7-17(2)8-12-21/h7-14,19,22H,4-6,15-16H2,1-3H3,(H,24,26).